The Morgan fingerprint density at radius 1 is 1.30 bits per heavy atom. The minimum absolute atomic E-state index is 0.128. The van der Waals surface area contributed by atoms with Crippen molar-refractivity contribution in [2.24, 2.45) is 0 Å². The molecule has 0 aliphatic heterocycles. The second kappa shape index (κ2) is 5.44. The lowest BCUT2D eigenvalue weighted by Crippen LogP contribution is -2.33. The van der Waals surface area contributed by atoms with Crippen LogP contribution in [0.1, 0.15) is 0 Å². The third-order valence-corrected chi connectivity index (χ3v) is 9.08. The van der Waals surface area contributed by atoms with Crippen LogP contribution in [0, 0.1) is 0 Å². The summed E-state index contributed by atoms with van der Waals surface area (Å²) in [4.78, 5) is 0. The van der Waals surface area contributed by atoms with E-state index in [-0.39, 0.29) is 11.5 Å². The van der Waals surface area contributed by atoms with E-state index in [1.165, 1.54) is 16.3 Å². The van der Waals surface area contributed by atoms with Crippen molar-refractivity contribution >= 4 is 41.0 Å². The Morgan fingerprint density at radius 3 is 2.10 bits per heavy atom. The van der Waals surface area contributed by atoms with Crippen molar-refractivity contribution in [3.8, 4) is 0 Å². The molecule has 0 aromatic heterocycles. The van der Waals surface area contributed by atoms with Crippen molar-refractivity contribution in [3.63, 3.8) is 0 Å². The summed E-state index contributed by atoms with van der Waals surface area (Å²) < 4.78 is 5.60. The molecule has 3 atom stereocenters. The minimum atomic E-state index is -0.128. The summed E-state index contributed by atoms with van der Waals surface area (Å²) >= 11 is 0. The minimum Gasteiger partial charge on any atom is -0.395 e. The maximum atomic E-state index is 9.16. The zero-order valence-electron chi connectivity index (χ0n) is 7.29. The molecule has 10 heavy (non-hydrogen) atoms. The summed E-state index contributed by atoms with van der Waals surface area (Å²) in [7, 11) is 4.18. The fourth-order valence-corrected chi connectivity index (χ4v) is 2.36. The number of aliphatic hydroxyl groups is 1. The lowest BCUT2D eigenvalue weighted by Gasteiger charge is -2.20. The van der Waals surface area contributed by atoms with Gasteiger partial charge in [-0.05, 0) is 6.04 Å². The van der Waals surface area contributed by atoms with E-state index < -0.39 is 0 Å². The molecular formula is C4H18O2Si4. The first-order valence-electron chi connectivity index (χ1n) is 3.91. The molecular weight excluding hydrogens is 192 g/mol. The molecule has 0 radical (unpaired) electrons. The quantitative estimate of drug-likeness (QED) is 0.471. The zero-order chi connectivity index (χ0) is 8.15. The predicted molar refractivity (Wildman–Crippen MR) is 59.2 cm³/mol. The highest BCUT2D eigenvalue weighted by Gasteiger charge is 2.10. The third-order valence-electron chi connectivity index (χ3n) is 1.70. The molecule has 0 aromatic rings. The summed E-state index contributed by atoms with van der Waals surface area (Å²) in [5.74, 6) is 0. The third kappa shape index (κ3) is 4.58. The van der Waals surface area contributed by atoms with Gasteiger partial charge in [0.05, 0.1) is 11.5 Å². The van der Waals surface area contributed by atoms with Crippen LogP contribution < -0.4 is 0 Å². The van der Waals surface area contributed by atoms with Crippen LogP contribution in [0.3, 0.4) is 0 Å². The van der Waals surface area contributed by atoms with Crippen LogP contribution >= 0.6 is 0 Å². The molecule has 0 aromatic carbocycles. The van der Waals surface area contributed by atoms with Gasteiger partial charge >= 0.3 is 0 Å². The summed E-state index contributed by atoms with van der Waals surface area (Å²) in [6.07, 6.45) is 0. The second-order valence-electron chi connectivity index (χ2n) is 2.80. The fourth-order valence-electron chi connectivity index (χ4n) is 0.576. The van der Waals surface area contributed by atoms with Gasteiger partial charge in [-0.3, -0.25) is 0 Å². The lowest BCUT2D eigenvalue weighted by atomic mass is 10.7. The Balaban J connectivity index is 3.46. The molecule has 0 bridgehead atoms. The van der Waals surface area contributed by atoms with Crippen LogP contribution in [0.5, 0.6) is 0 Å². The summed E-state index contributed by atoms with van der Waals surface area (Å²) in [6, 6.07) is 1.24. The second-order valence-corrected chi connectivity index (χ2v) is 7.23. The topological polar surface area (TPSA) is 29.5 Å². The van der Waals surface area contributed by atoms with Crippen molar-refractivity contribution in [3.05, 3.63) is 0 Å². The van der Waals surface area contributed by atoms with Crippen LogP contribution in [0.15, 0.2) is 0 Å². The van der Waals surface area contributed by atoms with E-state index >= 15 is 0 Å². The summed E-state index contributed by atoms with van der Waals surface area (Å²) in [5, 5.41) is 9.16. The molecule has 0 saturated heterocycles. The highest BCUT2D eigenvalue weighted by atomic mass is 28.2. The smallest absolute Gasteiger partial charge is 0.0596 e. The van der Waals surface area contributed by atoms with Gasteiger partial charge in [-0.2, -0.15) is 0 Å². The van der Waals surface area contributed by atoms with E-state index in [1.807, 2.05) is 0 Å². The highest BCUT2D eigenvalue weighted by molar-refractivity contribution is 6.21. The van der Waals surface area contributed by atoms with Gasteiger partial charge in [-0.15, -0.1) is 0 Å². The number of rotatable bonds is 4. The molecule has 3 unspecified atom stereocenters. The molecule has 2 nitrogen and oxygen atoms in total. The molecule has 0 heterocycles. The van der Waals surface area contributed by atoms with Crippen molar-refractivity contribution in [2.45, 2.75) is 23.2 Å². The average molecular weight is 211 g/mol. The lowest BCUT2D eigenvalue weighted by molar-refractivity contribution is 0.0346. The van der Waals surface area contributed by atoms with E-state index in [0.29, 0.717) is 5.73 Å². The van der Waals surface area contributed by atoms with Gasteiger partial charge < -0.3 is 9.84 Å². The largest absolute Gasteiger partial charge is 0.395 e. The van der Waals surface area contributed by atoms with Crippen molar-refractivity contribution in [1.82, 2.24) is 0 Å². The van der Waals surface area contributed by atoms with Gasteiger partial charge in [0, 0.05) is 46.7 Å². The van der Waals surface area contributed by atoms with Crippen LogP contribution in [0.25, 0.3) is 0 Å². The molecule has 1 N–H and O–H groups in total. The monoisotopic (exact) mass is 210 g/mol. The van der Waals surface area contributed by atoms with Gasteiger partial charge in [0.1, 0.15) is 0 Å². The van der Waals surface area contributed by atoms with Gasteiger partial charge in [0.2, 0.25) is 0 Å². The molecule has 0 fully saturated rings. The molecule has 0 aliphatic rings. The van der Waals surface area contributed by atoms with Crippen molar-refractivity contribution in [2.75, 3.05) is 0 Å². The molecule has 0 amide bonds. The number of hydrogen-bond donors (Lipinski definition) is 1. The van der Waals surface area contributed by atoms with E-state index in [0.717, 1.165) is 30.7 Å². The Labute approximate surface area is 74.4 Å². The number of hydrogen-bond acceptors (Lipinski definition) is 2. The number of ether oxygens (including phenoxy) is 1. The van der Waals surface area contributed by atoms with Gasteiger partial charge in [0.25, 0.3) is 0 Å². The summed E-state index contributed by atoms with van der Waals surface area (Å²) in [5.41, 5.74) is 0.595. The number of aliphatic hydroxyl groups excluding tert-OH is 1. The van der Waals surface area contributed by atoms with Gasteiger partial charge in [-0.25, -0.2) is 0 Å². The first-order valence-corrected chi connectivity index (χ1v) is 8.79. The highest BCUT2D eigenvalue weighted by Crippen LogP contribution is 1.97. The molecule has 0 aliphatic carbocycles. The van der Waals surface area contributed by atoms with Crippen LogP contribution in [0.2, 0.25) is 6.04 Å². The Bertz CT molecular complexity index is 89.3. The van der Waals surface area contributed by atoms with E-state index in [9.17, 15) is 0 Å². The van der Waals surface area contributed by atoms with E-state index in [2.05, 4.69) is 0 Å². The molecule has 0 spiro atoms. The molecule has 0 rings (SSSR count). The first kappa shape index (κ1) is 10.8. The maximum absolute atomic E-state index is 9.16. The summed E-state index contributed by atoms with van der Waals surface area (Å²) in [6.45, 7) is 0. The average Bonchev–Trinajstić information content (AvgIpc) is 1.87. The Morgan fingerprint density at radius 2 is 1.80 bits per heavy atom. The molecule has 6 heteroatoms. The standard InChI is InChI=1S/C4H18O2Si4/c5-3(9)4(10)6-2(8)1-7/h2-5H,1H2,7-10H3. The Hall–Kier alpha value is 0.788. The van der Waals surface area contributed by atoms with Crippen LogP contribution in [-0.2, 0) is 4.74 Å². The van der Waals surface area contributed by atoms with Crippen molar-refractivity contribution in [1.29, 1.82) is 0 Å². The van der Waals surface area contributed by atoms with Crippen LogP contribution in [0.4, 0.5) is 0 Å². The Kier molecular flexibility index (Phi) is 5.87. The van der Waals surface area contributed by atoms with Gasteiger partial charge in [0.15, 0.2) is 0 Å². The predicted octanol–water partition coefficient (Wildman–Crippen LogP) is -5.15. The van der Waals surface area contributed by atoms with E-state index in [4.69, 9.17) is 9.84 Å². The molecule has 0 saturated carbocycles. The van der Waals surface area contributed by atoms with Crippen molar-refractivity contribution < 1.29 is 9.84 Å². The van der Waals surface area contributed by atoms with Crippen LogP contribution in [-0.4, -0.2) is 63.3 Å². The zero-order valence-corrected chi connectivity index (χ0v) is 15.3. The van der Waals surface area contributed by atoms with E-state index in [1.54, 1.807) is 0 Å². The fraction of sp³-hybridized carbons (Fsp3) is 1.00. The SMILES string of the molecule is OC([SiH3])C([SiH3])OC([SiH3])C[SiH3]. The first-order chi connectivity index (χ1) is 4.57. The normalized spacial score (nSPS) is 21.3. The van der Waals surface area contributed by atoms with Gasteiger partial charge in [-0.1, -0.05) is 0 Å². The molecule has 62 valence electrons. The maximum Gasteiger partial charge on any atom is 0.0596 e.